The fourth-order valence-corrected chi connectivity index (χ4v) is 3.73. The van der Waals surface area contributed by atoms with Gasteiger partial charge in [0.2, 0.25) is 0 Å². The van der Waals surface area contributed by atoms with Crippen molar-refractivity contribution in [3.63, 3.8) is 0 Å². The first-order valence-electron chi connectivity index (χ1n) is 9.12. The molecule has 1 aliphatic rings. The molecule has 1 aliphatic heterocycles. The van der Waals surface area contributed by atoms with Gasteiger partial charge in [0.1, 0.15) is 0 Å². The van der Waals surface area contributed by atoms with Crippen LogP contribution in [0.4, 0.5) is 0 Å². The standard InChI is InChI=1S/C23H22N2O/c1-17-15-20(18-9-4-2-5-10-18)16-21(24-17)22-13-8-14-25(22)23(26)19-11-6-3-7-12-19/h2-7,9-12,15-16,22H,8,13-14H2,1H3. The average molecular weight is 342 g/mol. The Morgan fingerprint density at radius 2 is 1.65 bits per heavy atom. The molecule has 26 heavy (non-hydrogen) atoms. The van der Waals surface area contributed by atoms with E-state index in [2.05, 4.69) is 24.3 Å². The van der Waals surface area contributed by atoms with Gasteiger partial charge in [0, 0.05) is 17.8 Å². The number of aromatic nitrogens is 1. The molecule has 1 aromatic heterocycles. The SMILES string of the molecule is Cc1cc(-c2ccccc2)cc(C2CCCN2C(=O)c2ccccc2)n1. The quantitative estimate of drug-likeness (QED) is 0.668. The number of hydrogen-bond donors (Lipinski definition) is 0. The average Bonchev–Trinajstić information content (AvgIpc) is 3.18. The summed E-state index contributed by atoms with van der Waals surface area (Å²) in [6, 6.07) is 24.2. The molecule has 0 saturated carbocycles. The molecule has 0 bridgehead atoms. The maximum absolute atomic E-state index is 13.0. The van der Waals surface area contributed by atoms with E-state index in [9.17, 15) is 4.79 Å². The summed E-state index contributed by atoms with van der Waals surface area (Å²) in [5.41, 5.74) is 5.06. The lowest BCUT2D eigenvalue weighted by Crippen LogP contribution is -2.31. The minimum Gasteiger partial charge on any atom is -0.330 e. The molecule has 0 radical (unpaired) electrons. The minimum absolute atomic E-state index is 0.0464. The molecule has 0 N–H and O–H groups in total. The highest BCUT2D eigenvalue weighted by atomic mass is 16.2. The summed E-state index contributed by atoms with van der Waals surface area (Å²) >= 11 is 0. The van der Waals surface area contributed by atoms with Crippen LogP contribution in [0, 0.1) is 6.92 Å². The Morgan fingerprint density at radius 1 is 0.962 bits per heavy atom. The normalized spacial score (nSPS) is 16.7. The largest absolute Gasteiger partial charge is 0.330 e. The van der Waals surface area contributed by atoms with Gasteiger partial charge in [0.15, 0.2) is 0 Å². The summed E-state index contributed by atoms with van der Waals surface area (Å²) in [5.74, 6) is 0.0951. The van der Waals surface area contributed by atoms with E-state index in [-0.39, 0.29) is 11.9 Å². The van der Waals surface area contributed by atoms with E-state index in [0.717, 1.165) is 41.9 Å². The fraction of sp³-hybridized carbons (Fsp3) is 0.217. The molecular weight excluding hydrogens is 320 g/mol. The van der Waals surface area contributed by atoms with Gasteiger partial charge in [-0.25, -0.2) is 0 Å². The molecule has 1 unspecified atom stereocenters. The zero-order chi connectivity index (χ0) is 17.9. The molecule has 3 nitrogen and oxygen atoms in total. The minimum atomic E-state index is 0.0464. The van der Waals surface area contributed by atoms with Crippen molar-refractivity contribution in [3.8, 4) is 11.1 Å². The summed E-state index contributed by atoms with van der Waals surface area (Å²) in [6.07, 6.45) is 1.97. The molecule has 1 fully saturated rings. The predicted octanol–water partition coefficient (Wildman–Crippen LogP) is 5.03. The zero-order valence-electron chi connectivity index (χ0n) is 14.9. The monoisotopic (exact) mass is 342 g/mol. The van der Waals surface area contributed by atoms with E-state index in [4.69, 9.17) is 4.98 Å². The van der Waals surface area contributed by atoms with Crippen LogP contribution in [0.3, 0.4) is 0 Å². The zero-order valence-corrected chi connectivity index (χ0v) is 14.9. The maximum Gasteiger partial charge on any atom is 0.254 e. The van der Waals surface area contributed by atoms with E-state index in [1.165, 1.54) is 5.56 Å². The fourth-order valence-electron chi connectivity index (χ4n) is 3.73. The van der Waals surface area contributed by atoms with Crippen molar-refractivity contribution in [2.24, 2.45) is 0 Å². The number of rotatable bonds is 3. The first-order valence-corrected chi connectivity index (χ1v) is 9.12. The van der Waals surface area contributed by atoms with Gasteiger partial charge in [-0.1, -0.05) is 48.5 Å². The summed E-state index contributed by atoms with van der Waals surface area (Å²) in [7, 11) is 0. The number of benzene rings is 2. The number of hydrogen-bond acceptors (Lipinski definition) is 2. The number of carbonyl (C=O) groups excluding carboxylic acids is 1. The van der Waals surface area contributed by atoms with Gasteiger partial charge in [-0.2, -0.15) is 0 Å². The Hall–Kier alpha value is -2.94. The molecule has 130 valence electrons. The van der Waals surface area contributed by atoms with E-state index in [1.807, 2.05) is 60.4 Å². The third-order valence-electron chi connectivity index (χ3n) is 4.96. The van der Waals surface area contributed by atoms with Crippen molar-refractivity contribution >= 4 is 5.91 Å². The van der Waals surface area contributed by atoms with Crippen molar-refractivity contribution in [1.29, 1.82) is 0 Å². The molecule has 2 aromatic carbocycles. The third kappa shape index (κ3) is 3.25. The smallest absolute Gasteiger partial charge is 0.254 e. The van der Waals surface area contributed by atoms with Crippen LogP contribution < -0.4 is 0 Å². The van der Waals surface area contributed by atoms with Crippen molar-refractivity contribution < 1.29 is 4.79 Å². The summed E-state index contributed by atoms with van der Waals surface area (Å²) in [6.45, 7) is 2.81. The van der Waals surface area contributed by atoms with E-state index in [0.29, 0.717) is 0 Å². The molecule has 0 aliphatic carbocycles. The second kappa shape index (κ2) is 7.12. The molecule has 4 rings (SSSR count). The molecule has 2 heterocycles. The van der Waals surface area contributed by atoms with Crippen LogP contribution >= 0.6 is 0 Å². The number of nitrogens with zero attached hydrogens (tertiary/aromatic N) is 2. The van der Waals surface area contributed by atoms with Crippen molar-refractivity contribution in [2.45, 2.75) is 25.8 Å². The van der Waals surface area contributed by atoms with Crippen LogP contribution in [-0.4, -0.2) is 22.3 Å². The van der Waals surface area contributed by atoms with Crippen LogP contribution in [-0.2, 0) is 0 Å². The van der Waals surface area contributed by atoms with Gasteiger partial charge in [-0.15, -0.1) is 0 Å². The number of carbonyl (C=O) groups is 1. The van der Waals surface area contributed by atoms with E-state index < -0.39 is 0 Å². The van der Waals surface area contributed by atoms with Crippen LogP contribution in [0.2, 0.25) is 0 Å². The second-order valence-electron chi connectivity index (χ2n) is 6.81. The Balaban J connectivity index is 1.68. The Labute approximate surface area is 154 Å². The van der Waals surface area contributed by atoms with E-state index >= 15 is 0 Å². The van der Waals surface area contributed by atoms with Crippen LogP contribution in [0.5, 0.6) is 0 Å². The highest BCUT2D eigenvalue weighted by Gasteiger charge is 2.31. The molecule has 0 spiro atoms. The van der Waals surface area contributed by atoms with Crippen molar-refractivity contribution in [2.75, 3.05) is 6.54 Å². The second-order valence-corrected chi connectivity index (χ2v) is 6.81. The number of likely N-dealkylation sites (tertiary alicyclic amines) is 1. The third-order valence-corrected chi connectivity index (χ3v) is 4.96. The first kappa shape index (κ1) is 16.5. The lowest BCUT2D eigenvalue weighted by atomic mass is 10.0. The highest BCUT2D eigenvalue weighted by Crippen LogP contribution is 2.34. The number of amides is 1. The van der Waals surface area contributed by atoms with Gasteiger partial charge < -0.3 is 4.90 Å². The van der Waals surface area contributed by atoms with Crippen LogP contribution in [0.1, 0.15) is 40.6 Å². The predicted molar refractivity (Wildman–Crippen MR) is 104 cm³/mol. The molecule has 1 amide bonds. The number of pyridine rings is 1. The van der Waals surface area contributed by atoms with Gasteiger partial charge >= 0.3 is 0 Å². The van der Waals surface area contributed by atoms with Crippen LogP contribution in [0.25, 0.3) is 11.1 Å². The van der Waals surface area contributed by atoms with Crippen molar-refractivity contribution in [1.82, 2.24) is 9.88 Å². The summed E-state index contributed by atoms with van der Waals surface area (Å²) in [4.78, 5) is 19.7. The molecule has 1 atom stereocenters. The van der Waals surface area contributed by atoms with Crippen molar-refractivity contribution in [3.05, 3.63) is 89.7 Å². The molecule has 3 aromatic rings. The summed E-state index contributed by atoms with van der Waals surface area (Å²) < 4.78 is 0. The van der Waals surface area contributed by atoms with Gasteiger partial charge in [0.05, 0.1) is 11.7 Å². The highest BCUT2D eigenvalue weighted by molar-refractivity contribution is 5.94. The Kier molecular flexibility index (Phi) is 4.53. The lowest BCUT2D eigenvalue weighted by molar-refractivity contribution is 0.0733. The lowest BCUT2D eigenvalue weighted by Gasteiger charge is -2.25. The Morgan fingerprint density at radius 3 is 2.38 bits per heavy atom. The molecular formula is C23H22N2O. The topological polar surface area (TPSA) is 33.2 Å². The Bertz CT molecular complexity index is 906. The van der Waals surface area contributed by atoms with E-state index in [1.54, 1.807) is 0 Å². The first-order chi connectivity index (χ1) is 12.7. The number of aryl methyl sites for hydroxylation is 1. The summed E-state index contributed by atoms with van der Waals surface area (Å²) in [5, 5.41) is 0. The molecule has 3 heteroatoms. The van der Waals surface area contributed by atoms with Gasteiger partial charge in [-0.3, -0.25) is 9.78 Å². The maximum atomic E-state index is 13.0. The molecule has 1 saturated heterocycles. The van der Waals surface area contributed by atoms with Crippen LogP contribution in [0.15, 0.2) is 72.8 Å². The van der Waals surface area contributed by atoms with Gasteiger partial charge in [0.25, 0.3) is 5.91 Å². The van der Waals surface area contributed by atoms with Gasteiger partial charge in [-0.05, 0) is 55.2 Å².